The van der Waals surface area contributed by atoms with Gasteiger partial charge in [-0.15, -0.1) is 0 Å². The van der Waals surface area contributed by atoms with E-state index in [1.54, 1.807) is 11.0 Å². The summed E-state index contributed by atoms with van der Waals surface area (Å²) in [7, 11) is 0. The van der Waals surface area contributed by atoms with Gasteiger partial charge in [-0.2, -0.15) is 0 Å². The van der Waals surface area contributed by atoms with Crippen molar-refractivity contribution >= 4 is 11.6 Å². The Balaban J connectivity index is 1.90. The van der Waals surface area contributed by atoms with Crippen LogP contribution in [-0.4, -0.2) is 17.6 Å². The van der Waals surface area contributed by atoms with Crippen LogP contribution in [0.1, 0.15) is 31.2 Å². The summed E-state index contributed by atoms with van der Waals surface area (Å²) in [6, 6.07) is 5.53. The van der Waals surface area contributed by atoms with Gasteiger partial charge >= 0.3 is 0 Å². The van der Waals surface area contributed by atoms with E-state index in [0.29, 0.717) is 0 Å². The molecule has 1 N–H and O–H groups in total. The molecule has 1 unspecified atom stereocenters. The Morgan fingerprint density at radius 1 is 1.32 bits per heavy atom. The fourth-order valence-corrected chi connectivity index (χ4v) is 3.09. The smallest absolute Gasteiger partial charge is 0.230 e. The standard InChI is InChI=1S/C16H19NO2/c18-14-10-4-8-12-9-5-11-17(15(12)14)16(19)13-6-2-1-3-7-13/h1-2,4,8,10,13,18H,3,5-7,9,11H2. The number of carbonyl (C=O) groups is 1. The van der Waals surface area contributed by atoms with Crippen molar-refractivity contribution in [2.45, 2.75) is 32.1 Å². The maximum absolute atomic E-state index is 12.6. The minimum absolute atomic E-state index is 0.0792. The highest BCUT2D eigenvalue weighted by atomic mass is 16.3. The van der Waals surface area contributed by atoms with Gasteiger partial charge in [0.05, 0.1) is 5.69 Å². The van der Waals surface area contributed by atoms with Crippen molar-refractivity contribution in [3.63, 3.8) is 0 Å². The number of nitrogens with zero attached hydrogens (tertiary/aromatic N) is 1. The summed E-state index contributed by atoms with van der Waals surface area (Å²) in [4.78, 5) is 14.5. The van der Waals surface area contributed by atoms with Gasteiger partial charge in [0, 0.05) is 12.5 Å². The van der Waals surface area contributed by atoms with Gasteiger partial charge in [0.15, 0.2) is 0 Å². The molecule has 1 aromatic rings. The van der Waals surface area contributed by atoms with Gasteiger partial charge in [0.1, 0.15) is 5.75 Å². The lowest BCUT2D eigenvalue weighted by molar-refractivity contribution is -0.122. The SMILES string of the molecule is O=C(C1CC=CCC1)N1CCCc2cccc(O)c21. The van der Waals surface area contributed by atoms with Crippen molar-refractivity contribution in [1.82, 2.24) is 0 Å². The summed E-state index contributed by atoms with van der Waals surface area (Å²) in [5.74, 6) is 0.485. The van der Waals surface area contributed by atoms with Gasteiger partial charge in [0.2, 0.25) is 5.91 Å². The van der Waals surface area contributed by atoms with Crippen LogP contribution in [0.15, 0.2) is 30.4 Å². The molecule has 0 aromatic heterocycles. The van der Waals surface area contributed by atoms with Gasteiger partial charge in [0.25, 0.3) is 0 Å². The van der Waals surface area contributed by atoms with Crippen LogP contribution in [0.5, 0.6) is 5.75 Å². The maximum atomic E-state index is 12.6. The Labute approximate surface area is 113 Å². The van der Waals surface area contributed by atoms with E-state index < -0.39 is 0 Å². The molecule has 1 heterocycles. The van der Waals surface area contributed by atoms with Crippen LogP contribution in [0.3, 0.4) is 0 Å². The van der Waals surface area contributed by atoms with E-state index in [-0.39, 0.29) is 17.6 Å². The molecular formula is C16H19NO2. The summed E-state index contributed by atoms with van der Waals surface area (Å²) in [6.45, 7) is 0.726. The number of aromatic hydroxyl groups is 1. The molecule has 0 fully saturated rings. The number of para-hydroxylation sites is 1. The number of benzene rings is 1. The second-order valence-corrected chi connectivity index (χ2v) is 5.36. The minimum atomic E-state index is 0.0792. The molecule has 100 valence electrons. The largest absolute Gasteiger partial charge is 0.506 e. The zero-order valence-electron chi connectivity index (χ0n) is 11.0. The molecule has 3 rings (SSSR count). The van der Waals surface area contributed by atoms with Crippen molar-refractivity contribution in [2.75, 3.05) is 11.4 Å². The second kappa shape index (κ2) is 5.08. The molecule has 1 amide bonds. The van der Waals surface area contributed by atoms with E-state index in [4.69, 9.17) is 0 Å². The highest BCUT2D eigenvalue weighted by Crippen LogP contribution is 2.37. The van der Waals surface area contributed by atoms with Crippen LogP contribution < -0.4 is 4.90 Å². The summed E-state index contributed by atoms with van der Waals surface area (Å²) >= 11 is 0. The molecule has 3 nitrogen and oxygen atoms in total. The topological polar surface area (TPSA) is 40.5 Å². The van der Waals surface area contributed by atoms with Crippen LogP contribution in [0.4, 0.5) is 5.69 Å². The van der Waals surface area contributed by atoms with Crippen molar-refractivity contribution in [3.05, 3.63) is 35.9 Å². The third-order valence-electron chi connectivity index (χ3n) is 4.08. The molecule has 1 aliphatic heterocycles. The number of carbonyl (C=O) groups excluding carboxylic acids is 1. The highest BCUT2D eigenvalue weighted by molar-refractivity contribution is 5.97. The van der Waals surface area contributed by atoms with E-state index in [2.05, 4.69) is 12.2 Å². The van der Waals surface area contributed by atoms with E-state index >= 15 is 0 Å². The number of hydrogen-bond donors (Lipinski definition) is 1. The van der Waals surface area contributed by atoms with Crippen molar-refractivity contribution in [2.24, 2.45) is 5.92 Å². The van der Waals surface area contributed by atoms with Gasteiger partial charge in [-0.1, -0.05) is 24.3 Å². The summed E-state index contributed by atoms with van der Waals surface area (Å²) < 4.78 is 0. The normalized spacial score (nSPS) is 22.1. The quantitative estimate of drug-likeness (QED) is 0.786. The number of amides is 1. The molecule has 0 spiro atoms. The predicted octanol–water partition coefficient (Wildman–Crippen LogP) is 3.03. The third kappa shape index (κ3) is 2.25. The van der Waals surface area contributed by atoms with E-state index in [0.717, 1.165) is 49.9 Å². The highest BCUT2D eigenvalue weighted by Gasteiger charge is 2.30. The number of phenols is 1. The molecule has 1 atom stereocenters. The first kappa shape index (κ1) is 12.3. The number of anilines is 1. The van der Waals surface area contributed by atoms with E-state index in [1.807, 2.05) is 12.1 Å². The van der Waals surface area contributed by atoms with Gasteiger partial charge in [-0.25, -0.2) is 0 Å². The molecule has 0 saturated carbocycles. The molecule has 3 heteroatoms. The molecule has 0 radical (unpaired) electrons. The first-order valence-corrected chi connectivity index (χ1v) is 7.04. The number of hydrogen-bond acceptors (Lipinski definition) is 2. The average molecular weight is 257 g/mol. The third-order valence-corrected chi connectivity index (χ3v) is 4.08. The zero-order valence-corrected chi connectivity index (χ0v) is 11.0. The minimum Gasteiger partial charge on any atom is -0.506 e. The fraction of sp³-hybridized carbons (Fsp3) is 0.438. The first-order chi connectivity index (χ1) is 9.27. The van der Waals surface area contributed by atoms with Crippen LogP contribution >= 0.6 is 0 Å². The Bertz CT molecular complexity index is 521. The maximum Gasteiger partial charge on any atom is 0.230 e. The summed E-state index contributed by atoms with van der Waals surface area (Å²) in [5.41, 5.74) is 1.83. The number of phenolic OH excluding ortho intramolecular Hbond substituents is 1. The second-order valence-electron chi connectivity index (χ2n) is 5.36. The molecule has 2 aliphatic rings. The van der Waals surface area contributed by atoms with Crippen LogP contribution in [0.25, 0.3) is 0 Å². The van der Waals surface area contributed by atoms with E-state index in [9.17, 15) is 9.90 Å². The lowest BCUT2D eigenvalue weighted by Gasteiger charge is -2.33. The Morgan fingerprint density at radius 3 is 3.00 bits per heavy atom. The first-order valence-electron chi connectivity index (χ1n) is 7.04. The summed E-state index contributed by atoms with van der Waals surface area (Å²) in [5, 5.41) is 10.1. The number of allylic oxidation sites excluding steroid dienone is 2. The van der Waals surface area contributed by atoms with Crippen LogP contribution in [0.2, 0.25) is 0 Å². The molecule has 19 heavy (non-hydrogen) atoms. The molecule has 1 aromatic carbocycles. The molecule has 0 saturated heterocycles. The van der Waals surface area contributed by atoms with Crippen LogP contribution in [0, 0.1) is 5.92 Å². The lowest BCUT2D eigenvalue weighted by atomic mass is 9.91. The van der Waals surface area contributed by atoms with Crippen molar-refractivity contribution in [1.29, 1.82) is 0 Å². The number of rotatable bonds is 1. The average Bonchev–Trinajstić information content (AvgIpc) is 2.47. The molecular weight excluding hydrogens is 238 g/mol. The predicted molar refractivity (Wildman–Crippen MR) is 75.3 cm³/mol. The fourth-order valence-electron chi connectivity index (χ4n) is 3.09. The Hall–Kier alpha value is -1.77. The zero-order chi connectivity index (χ0) is 13.2. The Kier molecular flexibility index (Phi) is 3.28. The monoisotopic (exact) mass is 257 g/mol. The van der Waals surface area contributed by atoms with Gasteiger partial charge < -0.3 is 10.0 Å². The van der Waals surface area contributed by atoms with Crippen LogP contribution in [-0.2, 0) is 11.2 Å². The summed E-state index contributed by atoms with van der Waals surface area (Å²) in [6.07, 6.45) is 8.90. The van der Waals surface area contributed by atoms with Crippen molar-refractivity contribution in [3.8, 4) is 5.75 Å². The lowest BCUT2D eigenvalue weighted by Crippen LogP contribution is -2.40. The number of fused-ring (bicyclic) bond motifs is 1. The number of aryl methyl sites for hydroxylation is 1. The Morgan fingerprint density at radius 2 is 2.21 bits per heavy atom. The van der Waals surface area contributed by atoms with E-state index in [1.165, 1.54) is 0 Å². The van der Waals surface area contributed by atoms with Gasteiger partial charge in [-0.05, 0) is 43.7 Å². The molecule has 0 bridgehead atoms. The van der Waals surface area contributed by atoms with Gasteiger partial charge in [-0.3, -0.25) is 4.79 Å². The molecule has 1 aliphatic carbocycles. The van der Waals surface area contributed by atoms with Crippen molar-refractivity contribution < 1.29 is 9.90 Å².